The van der Waals surface area contributed by atoms with E-state index in [9.17, 15) is 0 Å². The molecule has 2 atom stereocenters. The van der Waals surface area contributed by atoms with Gasteiger partial charge in [0.15, 0.2) is 5.82 Å². The third-order valence-corrected chi connectivity index (χ3v) is 3.54. The van der Waals surface area contributed by atoms with Gasteiger partial charge in [0.05, 0.1) is 6.04 Å². The van der Waals surface area contributed by atoms with Crippen LogP contribution in [0.3, 0.4) is 0 Å². The quantitative estimate of drug-likeness (QED) is 0.759. The molecule has 1 aromatic rings. The number of hydrogen-bond acceptors (Lipinski definition) is 3. The highest BCUT2D eigenvalue weighted by atomic mass is 15.4. The smallest absolute Gasteiger partial charge is 0.167 e. The largest absolute Gasteiger partial charge is 0.307 e. The van der Waals surface area contributed by atoms with E-state index in [4.69, 9.17) is 4.98 Å². The monoisotopic (exact) mass is 206 g/mol. The predicted molar refractivity (Wildman–Crippen MR) is 57.6 cm³/mol. The molecule has 1 aromatic heterocycles. The van der Waals surface area contributed by atoms with Crippen LogP contribution in [0.2, 0.25) is 0 Å². The molecule has 0 amide bonds. The highest BCUT2D eigenvalue weighted by Gasteiger charge is 2.25. The molecule has 0 bridgehead atoms. The molecule has 0 spiro atoms. The van der Waals surface area contributed by atoms with Gasteiger partial charge in [-0.3, -0.25) is 0 Å². The SMILES string of the molecule is CC1CCCn2nc(C3CCCN3)nc21. The fourth-order valence-corrected chi connectivity index (χ4v) is 2.63. The molecule has 1 N–H and O–H groups in total. The molecule has 2 unspecified atom stereocenters. The fourth-order valence-electron chi connectivity index (χ4n) is 2.63. The molecule has 4 heteroatoms. The summed E-state index contributed by atoms with van der Waals surface area (Å²) in [6.07, 6.45) is 4.95. The second-order valence-electron chi connectivity index (χ2n) is 4.74. The molecular weight excluding hydrogens is 188 g/mol. The lowest BCUT2D eigenvalue weighted by molar-refractivity contribution is 0.430. The Labute approximate surface area is 90.1 Å². The molecule has 1 saturated heterocycles. The van der Waals surface area contributed by atoms with E-state index in [2.05, 4.69) is 22.0 Å². The Morgan fingerprint density at radius 3 is 3.00 bits per heavy atom. The Bertz CT molecular complexity index is 351. The normalized spacial score (nSPS) is 30.5. The van der Waals surface area contributed by atoms with Gasteiger partial charge in [0.25, 0.3) is 0 Å². The van der Waals surface area contributed by atoms with Gasteiger partial charge >= 0.3 is 0 Å². The van der Waals surface area contributed by atoms with E-state index in [1.165, 1.54) is 31.5 Å². The van der Waals surface area contributed by atoms with Crippen molar-refractivity contribution in [1.82, 2.24) is 20.1 Å². The molecule has 2 aliphatic heterocycles. The predicted octanol–water partition coefficient (Wildman–Crippen LogP) is 1.60. The third-order valence-electron chi connectivity index (χ3n) is 3.54. The van der Waals surface area contributed by atoms with Crippen LogP contribution in [0.15, 0.2) is 0 Å². The van der Waals surface area contributed by atoms with Crippen molar-refractivity contribution in [2.24, 2.45) is 0 Å². The summed E-state index contributed by atoms with van der Waals surface area (Å²) in [4.78, 5) is 4.70. The van der Waals surface area contributed by atoms with Crippen LogP contribution in [-0.4, -0.2) is 21.3 Å². The number of nitrogens with one attached hydrogen (secondary N) is 1. The number of aryl methyl sites for hydroxylation is 1. The van der Waals surface area contributed by atoms with Crippen molar-refractivity contribution in [3.8, 4) is 0 Å². The van der Waals surface area contributed by atoms with Gasteiger partial charge in [0.1, 0.15) is 5.82 Å². The van der Waals surface area contributed by atoms with Gasteiger partial charge in [-0.1, -0.05) is 6.92 Å². The van der Waals surface area contributed by atoms with Crippen LogP contribution >= 0.6 is 0 Å². The highest BCUT2D eigenvalue weighted by Crippen LogP contribution is 2.27. The molecule has 0 aliphatic carbocycles. The zero-order chi connectivity index (χ0) is 10.3. The molecule has 1 fully saturated rings. The van der Waals surface area contributed by atoms with Crippen LogP contribution in [0, 0.1) is 0 Å². The Morgan fingerprint density at radius 2 is 2.27 bits per heavy atom. The maximum Gasteiger partial charge on any atom is 0.167 e. The molecule has 3 heterocycles. The van der Waals surface area contributed by atoms with Crippen LogP contribution in [0.25, 0.3) is 0 Å². The molecule has 0 radical (unpaired) electrons. The van der Waals surface area contributed by atoms with Gasteiger partial charge in [-0.15, -0.1) is 0 Å². The summed E-state index contributed by atoms with van der Waals surface area (Å²) < 4.78 is 2.11. The highest BCUT2D eigenvalue weighted by molar-refractivity contribution is 5.05. The van der Waals surface area contributed by atoms with E-state index in [0.717, 1.165) is 18.9 Å². The zero-order valence-electron chi connectivity index (χ0n) is 9.24. The molecule has 2 aliphatic rings. The van der Waals surface area contributed by atoms with Gasteiger partial charge in [-0.2, -0.15) is 5.10 Å². The summed E-state index contributed by atoms with van der Waals surface area (Å²) in [7, 11) is 0. The average molecular weight is 206 g/mol. The summed E-state index contributed by atoms with van der Waals surface area (Å²) in [5.41, 5.74) is 0. The minimum atomic E-state index is 0.412. The van der Waals surface area contributed by atoms with Crippen LogP contribution in [0.5, 0.6) is 0 Å². The molecule has 0 saturated carbocycles. The Morgan fingerprint density at radius 1 is 1.33 bits per heavy atom. The van der Waals surface area contributed by atoms with Crippen molar-refractivity contribution in [2.75, 3.05) is 6.54 Å². The molecular formula is C11H18N4. The summed E-state index contributed by atoms with van der Waals surface area (Å²) in [5.74, 6) is 2.81. The maximum atomic E-state index is 4.70. The first-order valence-electron chi connectivity index (χ1n) is 6.02. The maximum absolute atomic E-state index is 4.70. The average Bonchev–Trinajstić information content (AvgIpc) is 2.86. The van der Waals surface area contributed by atoms with E-state index >= 15 is 0 Å². The molecule has 82 valence electrons. The number of nitrogens with zero attached hydrogens (tertiary/aromatic N) is 3. The van der Waals surface area contributed by atoms with Gasteiger partial charge in [0.2, 0.25) is 0 Å². The van der Waals surface area contributed by atoms with Gasteiger partial charge in [0, 0.05) is 12.5 Å². The summed E-state index contributed by atoms with van der Waals surface area (Å²) in [5, 5.41) is 8.08. The Kier molecular flexibility index (Phi) is 2.24. The van der Waals surface area contributed by atoms with Crippen LogP contribution in [0.1, 0.15) is 56.2 Å². The van der Waals surface area contributed by atoms with Crippen LogP contribution in [0.4, 0.5) is 0 Å². The van der Waals surface area contributed by atoms with E-state index in [-0.39, 0.29) is 0 Å². The lowest BCUT2D eigenvalue weighted by Gasteiger charge is -2.17. The van der Waals surface area contributed by atoms with Gasteiger partial charge in [-0.05, 0) is 32.2 Å². The number of rotatable bonds is 1. The van der Waals surface area contributed by atoms with Crippen molar-refractivity contribution >= 4 is 0 Å². The standard InChI is InChI=1S/C11H18N4/c1-8-4-3-7-15-11(8)13-10(14-15)9-5-2-6-12-9/h8-9,12H,2-7H2,1H3. The second-order valence-corrected chi connectivity index (χ2v) is 4.74. The van der Waals surface area contributed by atoms with E-state index in [1.807, 2.05) is 0 Å². The van der Waals surface area contributed by atoms with Crippen molar-refractivity contribution in [3.05, 3.63) is 11.6 Å². The minimum Gasteiger partial charge on any atom is -0.307 e. The zero-order valence-corrected chi connectivity index (χ0v) is 9.24. The minimum absolute atomic E-state index is 0.412. The van der Waals surface area contributed by atoms with Crippen molar-refractivity contribution in [3.63, 3.8) is 0 Å². The number of aromatic nitrogens is 3. The van der Waals surface area contributed by atoms with Crippen LogP contribution in [-0.2, 0) is 6.54 Å². The van der Waals surface area contributed by atoms with Crippen molar-refractivity contribution < 1.29 is 0 Å². The topological polar surface area (TPSA) is 42.7 Å². The lowest BCUT2D eigenvalue weighted by atomic mass is 10.0. The van der Waals surface area contributed by atoms with Gasteiger partial charge in [-0.25, -0.2) is 9.67 Å². The van der Waals surface area contributed by atoms with Crippen molar-refractivity contribution in [2.45, 2.75) is 51.1 Å². The second kappa shape index (κ2) is 3.59. The molecule has 4 nitrogen and oxygen atoms in total. The molecule has 3 rings (SSSR count). The first-order valence-corrected chi connectivity index (χ1v) is 6.02. The summed E-state index contributed by atoms with van der Waals surface area (Å²) in [6.45, 7) is 4.43. The van der Waals surface area contributed by atoms with Crippen molar-refractivity contribution in [1.29, 1.82) is 0 Å². The number of fused-ring (bicyclic) bond motifs is 1. The molecule has 15 heavy (non-hydrogen) atoms. The summed E-state index contributed by atoms with van der Waals surface area (Å²) in [6, 6.07) is 0.412. The van der Waals surface area contributed by atoms with E-state index in [1.54, 1.807) is 0 Å². The molecule has 0 aromatic carbocycles. The summed E-state index contributed by atoms with van der Waals surface area (Å²) >= 11 is 0. The third kappa shape index (κ3) is 1.57. The van der Waals surface area contributed by atoms with Gasteiger partial charge < -0.3 is 5.32 Å². The van der Waals surface area contributed by atoms with E-state index < -0.39 is 0 Å². The van der Waals surface area contributed by atoms with E-state index in [0.29, 0.717) is 12.0 Å². The Balaban J connectivity index is 1.90. The fraction of sp³-hybridized carbons (Fsp3) is 0.818. The Hall–Kier alpha value is -0.900. The first kappa shape index (κ1) is 9.33. The first-order chi connectivity index (χ1) is 7.34. The number of hydrogen-bond donors (Lipinski definition) is 1. The van der Waals surface area contributed by atoms with Crippen LogP contribution < -0.4 is 5.32 Å². The lowest BCUT2D eigenvalue weighted by Crippen LogP contribution is -2.15.